The number of nitrogen functional groups attached to an aromatic ring is 1. The standard InChI is InChI=1S/C8H14N4S/c1-5(2)7-10-6(4-13-3)11-8(9)12-7/h5H,4H2,1-3H3,(H2,9,10,11,12). The van der Waals surface area contributed by atoms with Crippen molar-refractivity contribution in [2.75, 3.05) is 12.0 Å². The van der Waals surface area contributed by atoms with Crippen molar-refractivity contribution in [3.63, 3.8) is 0 Å². The summed E-state index contributed by atoms with van der Waals surface area (Å²) < 4.78 is 0. The first kappa shape index (κ1) is 10.2. The van der Waals surface area contributed by atoms with Crippen LogP contribution < -0.4 is 5.73 Å². The monoisotopic (exact) mass is 198 g/mol. The molecule has 0 aliphatic rings. The highest BCUT2D eigenvalue weighted by molar-refractivity contribution is 7.97. The Morgan fingerprint density at radius 2 is 2.00 bits per heavy atom. The van der Waals surface area contributed by atoms with Crippen molar-refractivity contribution >= 4 is 17.7 Å². The van der Waals surface area contributed by atoms with Gasteiger partial charge in [-0.25, -0.2) is 4.98 Å². The van der Waals surface area contributed by atoms with E-state index in [0.29, 0.717) is 11.9 Å². The Bertz CT molecular complexity index is 287. The van der Waals surface area contributed by atoms with E-state index in [2.05, 4.69) is 15.0 Å². The van der Waals surface area contributed by atoms with Gasteiger partial charge in [0.2, 0.25) is 5.95 Å². The minimum atomic E-state index is 0.297. The minimum absolute atomic E-state index is 0.297. The first-order valence-corrected chi connectivity index (χ1v) is 5.52. The van der Waals surface area contributed by atoms with Crippen molar-refractivity contribution < 1.29 is 0 Å². The molecule has 1 aromatic heterocycles. The van der Waals surface area contributed by atoms with Crippen molar-refractivity contribution in [1.29, 1.82) is 0 Å². The van der Waals surface area contributed by atoms with E-state index in [4.69, 9.17) is 5.73 Å². The molecule has 2 N–H and O–H groups in total. The Labute approximate surface area is 82.4 Å². The maximum atomic E-state index is 5.56. The number of nitrogens with zero attached hydrogens (tertiary/aromatic N) is 3. The van der Waals surface area contributed by atoms with Crippen LogP contribution in [0.4, 0.5) is 5.95 Å². The predicted octanol–water partition coefficient (Wildman–Crippen LogP) is 1.44. The maximum absolute atomic E-state index is 5.56. The van der Waals surface area contributed by atoms with E-state index in [0.717, 1.165) is 17.4 Å². The molecule has 72 valence electrons. The number of hydrogen-bond acceptors (Lipinski definition) is 5. The molecule has 0 saturated heterocycles. The molecule has 0 aliphatic heterocycles. The van der Waals surface area contributed by atoms with Gasteiger partial charge in [0, 0.05) is 5.92 Å². The minimum Gasteiger partial charge on any atom is -0.368 e. The Hall–Kier alpha value is -0.840. The van der Waals surface area contributed by atoms with Gasteiger partial charge in [0.25, 0.3) is 0 Å². The van der Waals surface area contributed by atoms with Gasteiger partial charge < -0.3 is 5.73 Å². The summed E-state index contributed by atoms with van der Waals surface area (Å²) in [6.07, 6.45) is 2.01. The highest BCUT2D eigenvalue weighted by Crippen LogP contribution is 2.11. The molecule has 0 atom stereocenters. The molecule has 0 amide bonds. The van der Waals surface area contributed by atoms with Crippen LogP contribution in [0.1, 0.15) is 31.4 Å². The molecular weight excluding hydrogens is 184 g/mol. The molecule has 0 fully saturated rings. The molecular formula is C8H14N4S. The number of hydrogen-bond donors (Lipinski definition) is 1. The van der Waals surface area contributed by atoms with Crippen LogP contribution in [0.15, 0.2) is 0 Å². The largest absolute Gasteiger partial charge is 0.368 e. The summed E-state index contributed by atoms with van der Waals surface area (Å²) in [5, 5.41) is 0. The summed E-state index contributed by atoms with van der Waals surface area (Å²) in [4.78, 5) is 12.4. The smallest absolute Gasteiger partial charge is 0.223 e. The lowest BCUT2D eigenvalue weighted by Gasteiger charge is -2.05. The van der Waals surface area contributed by atoms with E-state index in [1.54, 1.807) is 11.8 Å². The van der Waals surface area contributed by atoms with Crippen molar-refractivity contribution in [1.82, 2.24) is 15.0 Å². The molecule has 0 radical (unpaired) electrons. The number of thioether (sulfide) groups is 1. The third-order valence-corrected chi connectivity index (χ3v) is 2.05. The Morgan fingerprint density at radius 3 is 2.54 bits per heavy atom. The zero-order chi connectivity index (χ0) is 9.84. The lowest BCUT2D eigenvalue weighted by atomic mass is 10.2. The molecule has 1 rings (SSSR count). The van der Waals surface area contributed by atoms with Crippen LogP contribution in [-0.4, -0.2) is 21.2 Å². The molecule has 0 aliphatic carbocycles. The average Bonchev–Trinajstić information content (AvgIpc) is 2.03. The summed E-state index contributed by atoms with van der Waals surface area (Å²) in [6.45, 7) is 4.08. The average molecular weight is 198 g/mol. The molecule has 1 heterocycles. The summed E-state index contributed by atoms with van der Waals surface area (Å²) in [5.41, 5.74) is 5.56. The Balaban J connectivity index is 2.96. The molecule has 0 spiro atoms. The van der Waals surface area contributed by atoms with Crippen molar-refractivity contribution in [2.24, 2.45) is 0 Å². The second-order valence-corrected chi connectivity index (χ2v) is 3.92. The number of nitrogens with two attached hydrogens (primary N) is 1. The second kappa shape index (κ2) is 4.41. The highest BCUT2D eigenvalue weighted by Gasteiger charge is 2.06. The van der Waals surface area contributed by atoms with Crippen LogP contribution in [0.3, 0.4) is 0 Å². The lowest BCUT2D eigenvalue weighted by Crippen LogP contribution is -2.07. The molecule has 1 aromatic rings. The van der Waals surface area contributed by atoms with Gasteiger partial charge >= 0.3 is 0 Å². The van der Waals surface area contributed by atoms with E-state index in [9.17, 15) is 0 Å². The van der Waals surface area contributed by atoms with Crippen LogP contribution >= 0.6 is 11.8 Å². The fraction of sp³-hybridized carbons (Fsp3) is 0.625. The third kappa shape index (κ3) is 2.84. The van der Waals surface area contributed by atoms with Crippen LogP contribution in [-0.2, 0) is 5.75 Å². The fourth-order valence-electron chi connectivity index (χ4n) is 0.909. The summed E-state index contributed by atoms with van der Waals surface area (Å²) in [6, 6.07) is 0. The van der Waals surface area contributed by atoms with Crippen molar-refractivity contribution in [3.05, 3.63) is 11.6 Å². The first-order valence-electron chi connectivity index (χ1n) is 4.12. The van der Waals surface area contributed by atoms with Gasteiger partial charge in [0.05, 0.1) is 5.75 Å². The Morgan fingerprint density at radius 1 is 1.31 bits per heavy atom. The van der Waals surface area contributed by atoms with Crippen LogP contribution in [0.2, 0.25) is 0 Å². The topological polar surface area (TPSA) is 64.7 Å². The molecule has 5 heteroatoms. The quantitative estimate of drug-likeness (QED) is 0.796. The maximum Gasteiger partial charge on any atom is 0.223 e. The second-order valence-electron chi connectivity index (χ2n) is 3.06. The third-order valence-electron chi connectivity index (χ3n) is 1.51. The van der Waals surface area contributed by atoms with Gasteiger partial charge in [-0.1, -0.05) is 13.8 Å². The van der Waals surface area contributed by atoms with E-state index in [-0.39, 0.29) is 0 Å². The molecule has 0 aromatic carbocycles. The molecule has 0 bridgehead atoms. The van der Waals surface area contributed by atoms with Gasteiger partial charge in [0.1, 0.15) is 11.6 Å². The van der Waals surface area contributed by atoms with Gasteiger partial charge in [-0.05, 0) is 6.26 Å². The molecule has 4 nitrogen and oxygen atoms in total. The predicted molar refractivity (Wildman–Crippen MR) is 55.5 cm³/mol. The van der Waals surface area contributed by atoms with E-state index in [1.165, 1.54) is 0 Å². The van der Waals surface area contributed by atoms with Crippen LogP contribution in [0, 0.1) is 0 Å². The highest BCUT2D eigenvalue weighted by atomic mass is 32.2. The summed E-state index contributed by atoms with van der Waals surface area (Å²) >= 11 is 1.68. The molecule has 0 saturated carbocycles. The van der Waals surface area contributed by atoms with Gasteiger partial charge in [-0.15, -0.1) is 0 Å². The Kier molecular flexibility index (Phi) is 3.48. The SMILES string of the molecule is CSCc1nc(N)nc(C(C)C)n1. The van der Waals surface area contributed by atoms with Crippen LogP contribution in [0.25, 0.3) is 0 Å². The zero-order valence-corrected chi connectivity index (χ0v) is 8.93. The first-order chi connectivity index (χ1) is 6.13. The molecule has 0 unspecified atom stereocenters. The van der Waals surface area contributed by atoms with Crippen molar-refractivity contribution in [2.45, 2.75) is 25.5 Å². The number of aromatic nitrogens is 3. The summed E-state index contributed by atoms with van der Waals surface area (Å²) in [7, 11) is 0. The van der Waals surface area contributed by atoms with Crippen molar-refractivity contribution in [3.8, 4) is 0 Å². The lowest BCUT2D eigenvalue weighted by molar-refractivity contribution is 0.749. The van der Waals surface area contributed by atoms with Gasteiger partial charge in [-0.3, -0.25) is 0 Å². The summed E-state index contributed by atoms with van der Waals surface area (Å²) in [5.74, 6) is 2.95. The van der Waals surface area contributed by atoms with Crippen LogP contribution in [0.5, 0.6) is 0 Å². The van der Waals surface area contributed by atoms with E-state index in [1.807, 2.05) is 20.1 Å². The van der Waals surface area contributed by atoms with Gasteiger partial charge in [-0.2, -0.15) is 21.7 Å². The molecule has 13 heavy (non-hydrogen) atoms. The number of anilines is 1. The zero-order valence-electron chi connectivity index (χ0n) is 8.11. The van der Waals surface area contributed by atoms with E-state index < -0.39 is 0 Å². The number of rotatable bonds is 3. The fourth-order valence-corrected chi connectivity index (χ4v) is 1.30. The van der Waals surface area contributed by atoms with Gasteiger partial charge in [0.15, 0.2) is 0 Å². The van der Waals surface area contributed by atoms with E-state index >= 15 is 0 Å². The normalized spacial score (nSPS) is 10.8.